The molecule has 0 spiro atoms. The van der Waals surface area contributed by atoms with Crippen molar-refractivity contribution in [2.75, 3.05) is 17.4 Å². The molecule has 1 atom stereocenters. The van der Waals surface area contributed by atoms with Crippen LogP contribution in [0, 0.1) is 11.6 Å². The molecule has 14 heteroatoms. The molecule has 4 aromatic rings. The van der Waals surface area contributed by atoms with E-state index in [1.807, 2.05) is 0 Å². The Morgan fingerprint density at radius 3 is 2.60 bits per heavy atom. The number of nitrogens with zero attached hydrogens (tertiary/aromatic N) is 2. The fourth-order valence-electron chi connectivity index (χ4n) is 4.11. The van der Waals surface area contributed by atoms with Crippen LogP contribution in [0.2, 0.25) is 0 Å². The standard InChI is InChI=1S/C26H18F5N3O5S/c27-17-5-6-21(28)20(10-17)15-4-7-24-23(8-15)34(12-18(39-24)11-32-25(35)22-13-38-14-33-22)40(36,37)19-3-1-2-16(9-19)26(29,30)31/h1-10,13-14,18H,11-12H2,(H,32,35). The van der Waals surface area contributed by atoms with Crippen molar-refractivity contribution in [3.8, 4) is 16.9 Å². The predicted octanol–water partition coefficient (Wildman–Crippen LogP) is 5.02. The van der Waals surface area contributed by atoms with Crippen LogP contribution in [0.4, 0.5) is 27.6 Å². The molecule has 3 aromatic carbocycles. The molecule has 0 saturated carbocycles. The van der Waals surface area contributed by atoms with E-state index in [1.54, 1.807) is 0 Å². The summed E-state index contributed by atoms with van der Waals surface area (Å²) in [5.41, 5.74) is -1.39. The minimum absolute atomic E-state index is 0.0111. The molecule has 5 rings (SSSR count). The number of amides is 1. The highest BCUT2D eigenvalue weighted by Crippen LogP contribution is 2.41. The molecule has 0 fully saturated rings. The number of oxazole rings is 1. The number of alkyl halides is 3. The van der Waals surface area contributed by atoms with Crippen molar-refractivity contribution < 1.29 is 44.3 Å². The van der Waals surface area contributed by atoms with E-state index >= 15 is 0 Å². The van der Waals surface area contributed by atoms with Gasteiger partial charge in [0.15, 0.2) is 12.1 Å². The summed E-state index contributed by atoms with van der Waals surface area (Å²) in [4.78, 5) is 15.4. The molecule has 1 aromatic heterocycles. The molecule has 2 heterocycles. The fourth-order valence-corrected chi connectivity index (χ4v) is 5.66. The summed E-state index contributed by atoms with van der Waals surface area (Å²) >= 11 is 0. The van der Waals surface area contributed by atoms with Crippen LogP contribution < -0.4 is 14.4 Å². The van der Waals surface area contributed by atoms with E-state index in [0.29, 0.717) is 6.07 Å². The normalized spacial score (nSPS) is 15.3. The first-order valence-electron chi connectivity index (χ1n) is 11.6. The van der Waals surface area contributed by atoms with Crippen LogP contribution in [-0.2, 0) is 16.2 Å². The van der Waals surface area contributed by atoms with Gasteiger partial charge >= 0.3 is 6.18 Å². The second-order valence-corrected chi connectivity index (χ2v) is 10.6. The third kappa shape index (κ3) is 5.34. The Labute approximate surface area is 224 Å². The van der Waals surface area contributed by atoms with Gasteiger partial charge in [-0.2, -0.15) is 13.2 Å². The largest absolute Gasteiger partial charge is 0.484 e. The van der Waals surface area contributed by atoms with E-state index in [4.69, 9.17) is 9.15 Å². The van der Waals surface area contributed by atoms with Crippen molar-refractivity contribution in [3.05, 3.63) is 96.2 Å². The summed E-state index contributed by atoms with van der Waals surface area (Å²) in [5.74, 6) is -2.16. The SMILES string of the molecule is O=C(NCC1CN(S(=O)(=O)c2cccc(C(F)(F)F)c2)c2cc(-c3cc(F)ccc3F)ccc2O1)c1cocn1. The van der Waals surface area contributed by atoms with Crippen LogP contribution in [0.1, 0.15) is 16.1 Å². The van der Waals surface area contributed by atoms with Crippen molar-refractivity contribution in [1.82, 2.24) is 10.3 Å². The lowest BCUT2D eigenvalue weighted by Gasteiger charge is -2.36. The van der Waals surface area contributed by atoms with Gasteiger partial charge in [0.2, 0.25) is 0 Å². The number of hydrogen-bond acceptors (Lipinski definition) is 6. The van der Waals surface area contributed by atoms with E-state index in [9.17, 15) is 35.2 Å². The van der Waals surface area contributed by atoms with Gasteiger partial charge in [-0.05, 0) is 54.1 Å². The molecule has 1 aliphatic heterocycles. The first kappa shape index (κ1) is 27.1. The first-order valence-corrected chi connectivity index (χ1v) is 13.0. The number of fused-ring (bicyclic) bond motifs is 1. The van der Waals surface area contributed by atoms with Gasteiger partial charge in [-0.3, -0.25) is 9.10 Å². The quantitative estimate of drug-likeness (QED) is 0.322. The van der Waals surface area contributed by atoms with Crippen LogP contribution in [-0.4, -0.2) is 38.5 Å². The Morgan fingerprint density at radius 2 is 1.88 bits per heavy atom. The van der Waals surface area contributed by atoms with Gasteiger partial charge in [0.1, 0.15) is 29.8 Å². The third-order valence-electron chi connectivity index (χ3n) is 6.03. The summed E-state index contributed by atoms with van der Waals surface area (Å²) < 4.78 is 107. The third-order valence-corrected chi connectivity index (χ3v) is 7.81. The molecule has 40 heavy (non-hydrogen) atoms. The summed E-state index contributed by atoms with van der Waals surface area (Å²) in [7, 11) is -4.64. The summed E-state index contributed by atoms with van der Waals surface area (Å²) in [6.07, 6.45) is -3.64. The van der Waals surface area contributed by atoms with Gasteiger partial charge in [-0.25, -0.2) is 22.2 Å². The Morgan fingerprint density at radius 1 is 1.07 bits per heavy atom. The van der Waals surface area contributed by atoms with Gasteiger partial charge in [0.25, 0.3) is 15.9 Å². The average Bonchev–Trinajstić information content (AvgIpc) is 3.47. The molecular formula is C26H18F5N3O5S. The summed E-state index contributed by atoms with van der Waals surface area (Å²) in [6.45, 7) is -0.639. The van der Waals surface area contributed by atoms with Crippen LogP contribution in [0.15, 0.2) is 82.6 Å². The summed E-state index contributed by atoms with van der Waals surface area (Å²) in [6, 6.07) is 9.91. The van der Waals surface area contributed by atoms with E-state index in [1.165, 1.54) is 18.2 Å². The number of anilines is 1. The maximum atomic E-state index is 14.5. The number of ether oxygens (including phenoxy) is 1. The molecule has 0 radical (unpaired) electrons. The van der Waals surface area contributed by atoms with E-state index in [2.05, 4.69) is 10.3 Å². The van der Waals surface area contributed by atoms with Gasteiger partial charge in [-0.1, -0.05) is 12.1 Å². The van der Waals surface area contributed by atoms with E-state index < -0.39 is 56.8 Å². The minimum Gasteiger partial charge on any atom is -0.484 e. The number of benzene rings is 3. The molecule has 1 N–H and O–H groups in total. The lowest BCUT2D eigenvalue weighted by molar-refractivity contribution is -0.137. The lowest BCUT2D eigenvalue weighted by atomic mass is 10.0. The van der Waals surface area contributed by atoms with Crippen molar-refractivity contribution in [2.24, 2.45) is 0 Å². The first-order chi connectivity index (χ1) is 18.9. The van der Waals surface area contributed by atoms with Crippen LogP contribution in [0.5, 0.6) is 5.75 Å². The monoisotopic (exact) mass is 579 g/mol. The molecule has 1 unspecified atom stereocenters. The highest BCUT2D eigenvalue weighted by Gasteiger charge is 2.37. The molecule has 0 bridgehead atoms. The minimum atomic E-state index is -4.80. The molecular weight excluding hydrogens is 561 g/mol. The maximum absolute atomic E-state index is 14.5. The Kier molecular flexibility index (Phi) is 6.96. The Balaban J connectivity index is 1.55. The molecule has 1 amide bonds. The second kappa shape index (κ2) is 10.3. The number of halogens is 5. The Hall–Kier alpha value is -4.46. The number of nitrogens with one attached hydrogen (secondary N) is 1. The van der Waals surface area contributed by atoms with E-state index in [-0.39, 0.29) is 34.8 Å². The van der Waals surface area contributed by atoms with E-state index in [0.717, 1.165) is 53.4 Å². The van der Waals surface area contributed by atoms with Crippen molar-refractivity contribution in [3.63, 3.8) is 0 Å². The van der Waals surface area contributed by atoms with Crippen LogP contribution >= 0.6 is 0 Å². The number of carbonyl (C=O) groups is 1. The van der Waals surface area contributed by atoms with Crippen molar-refractivity contribution in [2.45, 2.75) is 17.2 Å². The number of hydrogen-bond donors (Lipinski definition) is 1. The zero-order chi connectivity index (χ0) is 28.7. The average molecular weight is 580 g/mol. The Bertz CT molecular complexity index is 1680. The maximum Gasteiger partial charge on any atom is 0.416 e. The van der Waals surface area contributed by atoms with Gasteiger partial charge in [-0.15, -0.1) is 0 Å². The highest BCUT2D eigenvalue weighted by molar-refractivity contribution is 7.92. The molecule has 8 nitrogen and oxygen atoms in total. The fraction of sp³-hybridized carbons (Fsp3) is 0.154. The lowest BCUT2D eigenvalue weighted by Crippen LogP contribution is -2.48. The predicted molar refractivity (Wildman–Crippen MR) is 131 cm³/mol. The number of sulfonamides is 1. The van der Waals surface area contributed by atoms with Gasteiger partial charge in [0.05, 0.1) is 29.2 Å². The van der Waals surface area contributed by atoms with Crippen LogP contribution in [0.25, 0.3) is 11.1 Å². The molecule has 208 valence electrons. The molecule has 1 aliphatic rings. The zero-order valence-corrected chi connectivity index (χ0v) is 21.0. The van der Waals surface area contributed by atoms with Crippen LogP contribution in [0.3, 0.4) is 0 Å². The topological polar surface area (TPSA) is 102 Å². The second-order valence-electron chi connectivity index (χ2n) is 8.69. The molecule has 0 saturated heterocycles. The number of aromatic nitrogens is 1. The number of carbonyl (C=O) groups excluding carboxylic acids is 1. The van der Waals surface area contributed by atoms with Gasteiger partial charge < -0.3 is 14.5 Å². The molecule has 0 aliphatic carbocycles. The smallest absolute Gasteiger partial charge is 0.416 e. The summed E-state index contributed by atoms with van der Waals surface area (Å²) in [5, 5.41) is 2.53. The zero-order valence-electron chi connectivity index (χ0n) is 20.2. The van der Waals surface area contributed by atoms with Crippen molar-refractivity contribution >= 4 is 21.6 Å². The number of rotatable bonds is 6. The van der Waals surface area contributed by atoms with Crippen molar-refractivity contribution in [1.29, 1.82) is 0 Å². The van der Waals surface area contributed by atoms with Gasteiger partial charge in [0, 0.05) is 5.56 Å². The highest BCUT2D eigenvalue weighted by atomic mass is 32.2.